The maximum atomic E-state index is 5.63. The molecule has 2 bridgehead atoms. The van der Waals surface area contributed by atoms with E-state index >= 15 is 0 Å². The molecule has 0 aromatic carbocycles. The van der Waals surface area contributed by atoms with Gasteiger partial charge in [-0.1, -0.05) is 6.42 Å². The van der Waals surface area contributed by atoms with Crippen LogP contribution in [0.15, 0.2) is 0 Å². The standard InChI is InChI=1S/C10H19NO2/c1-12-10(13-2)8-4-3-5-9(10)7-11-6-8/h8-9,11H,3-7H2,1-2H3/t8-,9-/m1/s1. The number of hydrogen-bond donors (Lipinski definition) is 1. The summed E-state index contributed by atoms with van der Waals surface area (Å²) in [6.45, 7) is 2.08. The molecule has 0 spiro atoms. The molecule has 1 saturated carbocycles. The Balaban J connectivity index is 2.22. The Hall–Kier alpha value is -0.120. The predicted molar refractivity (Wildman–Crippen MR) is 50.4 cm³/mol. The molecule has 0 aromatic rings. The van der Waals surface area contributed by atoms with Crippen molar-refractivity contribution in [2.45, 2.75) is 25.0 Å². The average molecular weight is 185 g/mol. The Bertz CT molecular complexity index is 156. The van der Waals surface area contributed by atoms with Gasteiger partial charge in [-0.2, -0.15) is 0 Å². The Morgan fingerprint density at radius 3 is 2.00 bits per heavy atom. The Kier molecular flexibility index (Phi) is 2.58. The van der Waals surface area contributed by atoms with E-state index in [0.29, 0.717) is 11.8 Å². The largest absolute Gasteiger partial charge is 0.353 e. The van der Waals surface area contributed by atoms with E-state index in [-0.39, 0.29) is 5.79 Å². The first-order valence-electron chi connectivity index (χ1n) is 5.14. The molecule has 13 heavy (non-hydrogen) atoms. The molecule has 2 aliphatic rings. The van der Waals surface area contributed by atoms with Crippen LogP contribution in [0.1, 0.15) is 19.3 Å². The minimum Gasteiger partial charge on any atom is -0.353 e. The fourth-order valence-corrected chi connectivity index (χ4v) is 3.02. The van der Waals surface area contributed by atoms with Crippen LogP contribution in [0.4, 0.5) is 0 Å². The van der Waals surface area contributed by atoms with Crippen molar-refractivity contribution in [1.29, 1.82) is 0 Å². The first-order valence-corrected chi connectivity index (χ1v) is 5.14. The van der Waals surface area contributed by atoms with Gasteiger partial charge in [0.2, 0.25) is 0 Å². The molecule has 1 saturated heterocycles. The zero-order valence-electron chi connectivity index (χ0n) is 8.51. The van der Waals surface area contributed by atoms with Crippen molar-refractivity contribution in [1.82, 2.24) is 5.32 Å². The van der Waals surface area contributed by atoms with Crippen LogP contribution >= 0.6 is 0 Å². The molecule has 0 aromatic heterocycles. The summed E-state index contributed by atoms with van der Waals surface area (Å²) >= 11 is 0. The average Bonchev–Trinajstić information content (AvgIpc) is 2.16. The topological polar surface area (TPSA) is 30.5 Å². The molecular weight excluding hydrogens is 166 g/mol. The zero-order chi connectivity index (χ0) is 9.31. The van der Waals surface area contributed by atoms with Gasteiger partial charge in [-0.05, 0) is 12.8 Å². The number of piperidine rings is 1. The van der Waals surface area contributed by atoms with Gasteiger partial charge in [0, 0.05) is 39.1 Å². The summed E-state index contributed by atoms with van der Waals surface area (Å²) < 4.78 is 11.3. The summed E-state index contributed by atoms with van der Waals surface area (Å²) in [5.41, 5.74) is 0. The maximum Gasteiger partial charge on any atom is 0.175 e. The third-order valence-corrected chi connectivity index (χ3v) is 3.66. The van der Waals surface area contributed by atoms with E-state index in [1.807, 2.05) is 0 Å². The highest BCUT2D eigenvalue weighted by molar-refractivity contribution is 4.96. The van der Waals surface area contributed by atoms with Crippen LogP contribution in [0.5, 0.6) is 0 Å². The lowest BCUT2D eigenvalue weighted by molar-refractivity contribution is -0.290. The highest BCUT2D eigenvalue weighted by Crippen LogP contribution is 2.43. The molecule has 3 nitrogen and oxygen atoms in total. The van der Waals surface area contributed by atoms with Crippen molar-refractivity contribution in [2.24, 2.45) is 11.8 Å². The number of nitrogens with one attached hydrogen (secondary N) is 1. The van der Waals surface area contributed by atoms with Gasteiger partial charge in [0.15, 0.2) is 5.79 Å². The molecule has 0 radical (unpaired) electrons. The molecule has 76 valence electrons. The lowest BCUT2D eigenvalue weighted by Gasteiger charge is -2.50. The van der Waals surface area contributed by atoms with Gasteiger partial charge < -0.3 is 14.8 Å². The second kappa shape index (κ2) is 3.56. The van der Waals surface area contributed by atoms with Gasteiger partial charge in [0.25, 0.3) is 0 Å². The van der Waals surface area contributed by atoms with E-state index in [1.54, 1.807) is 14.2 Å². The Morgan fingerprint density at radius 2 is 1.62 bits per heavy atom. The minimum atomic E-state index is -0.288. The van der Waals surface area contributed by atoms with Crippen LogP contribution in [0, 0.1) is 11.8 Å². The predicted octanol–water partition coefficient (Wildman–Crippen LogP) is 0.995. The lowest BCUT2D eigenvalue weighted by Crippen LogP contribution is -2.61. The normalized spacial score (nSPS) is 37.4. The molecule has 2 fully saturated rings. The molecule has 1 N–H and O–H groups in total. The highest BCUT2D eigenvalue weighted by Gasteiger charge is 2.50. The zero-order valence-corrected chi connectivity index (χ0v) is 8.51. The molecule has 0 amide bonds. The second-order valence-electron chi connectivity index (χ2n) is 4.11. The smallest absolute Gasteiger partial charge is 0.175 e. The molecule has 2 atom stereocenters. The number of fused-ring (bicyclic) bond motifs is 2. The Labute approximate surface area is 79.8 Å². The van der Waals surface area contributed by atoms with Crippen molar-refractivity contribution < 1.29 is 9.47 Å². The van der Waals surface area contributed by atoms with Gasteiger partial charge in [-0.3, -0.25) is 0 Å². The fraction of sp³-hybridized carbons (Fsp3) is 1.00. The number of ether oxygens (including phenoxy) is 2. The van der Waals surface area contributed by atoms with Crippen LogP contribution in [0.2, 0.25) is 0 Å². The third kappa shape index (κ3) is 1.30. The van der Waals surface area contributed by atoms with Crippen molar-refractivity contribution in [3.8, 4) is 0 Å². The molecule has 1 aliphatic heterocycles. The van der Waals surface area contributed by atoms with Crippen molar-refractivity contribution in [2.75, 3.05) is 27.3 Å². The van der Waals surface area contributed by atoms with E-state index in [2.05, 4.69) is 5.32 Å². The van der Waals surface area contributed by atoms with E-state index < -0.39 is 0 Å². The first kappa shape index (κ1) is 9.44. The van der Waals surface area contributed by atoms with Gasteiger partial charge in [-0.15, -0.1) is 0 Å². The molecule has 1 heterocycles. The molecule has 0 unspecified atom stereocenters. The monoisotopic (exact) mass is 185 g/mol. The number of methoxy groups -OCH3 is 2. The summed E-state index contributed by atoms with van der Waals surface area (Å²) in [6, 6.07) is 0. The van der Waals surface area contributed by atoms with Crippen molar-refractivity contribution in [3.05, 3.63) is 0 Å². The van der Waals surface area contributed by atoms with Gasteiger partial charge in [-0.25, -0.2) is 0 Å². The summed E-state index contributed by atoms with van der Waals surface area (Å²) in [4.78, 5) is 0. The summed E-state index contributed by atoms with van der Waals surface area (Å²) in [5, 5.41) is 3.45. The first-order chi connectivity index (χ1) is 6.33. The van der Waals surface area contributed by atoms with Crippen LogP contribution in [-0.4, -0.2) is 33.1 Å². The summed E-state index contributed by atoms with van der Waals surface area (Å²) in [5.74, 6) is 0.786. The van der Waals surface area contributed by atoms with Crippen LogP contribution in [-0.2, 0) is 9.47 Å². The van der Waals surface area contributed by atoms with Crippen molar-refractivity contribution in [3.63, 3.8) is 0 Å². The molecule has 3 heteroatoms. The fourth-order valence-electron chi connectivity index (χ4n) is 3.02. The van der Waals surface area contributed by atoms with Gasteiger partial charge in [0.1, 0.15) is 0 Å². The van der Waals surface area contributed by atoms with E-state index in [4.69, 9.17) is 9.47 Å². The van der Waals surface area contributed by atoms with Gasteiger partial charge >= 0.3 is 0 Å². The van der Waals surface area contributed by atoms with E-state index in [9.17, 15) is 0 Å². The van der Waals surface area contributed by atoms with Gasteiger partial charge in [0.05, 0.1) is 0 Å². The molecule has 1 aliphatic carbocycles. The van der Waals surface area contributed by atoms with E-state index in [0.717, 1.165) is 13.1 Å². The van der Waals surface area contributed by atoms with Crippen LogP contribution in [0.25, 0.3) is 0 Å². The van der Waals surface area contributed by atoms with Crippen LogP contribution in [0.3, 0.4) is 0 Å². The summed E-state index contributed by atoms with van der Waals surface area (Å²) in [6.07, 6.45) is 3.78. The van der Waals surface area contributed by atoms with E-state index in [1.165, 1.54) is 19.3 Å². The lowest BCUT2D eigenvalue weighted by atomic mass is 9.73. The number of hydrogen-bond acceptors (Lipinski definition) is 3. The second-order valence-corrected chi connectivity index (χ2v) is 4.11. The quantitative estimate of drug-likeness (QED) is 0.651. The molecular formula is C10H19NO2. The maximum absolute atomic E-state index is 5.63. The molecule has 2 rings (SSSR count). The Morgan fingerprint density at radius 1 is 1.08 bits per heavy atom. The number of rotatable bonds is 2. The minimum absolute atomic E-state index is 0.288. The summed E-state index contributed by atoms with van der Waals surface area (Å²) in [7, 11) is 3.56. The van der Waals surface area contributed by atoms with Crippen molar-refractivity contribution >= 4 is 0 Å². The third-order valence-electron chi connectivity index (χ3n) is 3.66. The van der Waals surface area contributed by atoms with Crippen LogP contribution < -0.4 is 5.32 Å². The SMILES string of the molecule is COC1(OC)[C@@H]2CCC[C@@H]1CNC2. The highest BCUT2D eigenvalue weighted by atomic mass is 16.7.